The van der Waals surface area contributed by atoms with Crippen LogP contribution in [0.4, 0.5) is 0 Å². The van der Waals surface area contributed by atoms with Crippen molar-refractivity contribution in [3.05, 3.63) is 71.3 Å². The Morgan fingerprint density at radius 3 is 2.55 bits per heavy atom. The number of hydrogen-bond acceptors (Lipinski definition) is 3. The van der Waals surface area contributed by atoms with Gasteiger partial charge in [-0.3, -0.25) is 0 Å². The second-order valence-electron chi connectivity index (χ2n) is 5.72. The van der Waals surface area contributed by atoms with Crippen LogP contribution in [0, 0.1) is 0 Å². The van der Waals surface area contributed by atoms with E-state index in [9.17, 15) is 0 Å². The SMILES string of the molecule is COc1ccc(C2=CC3(OC)Cc4ccccc4C2O3)cc1. The second kappa shape index (κ2) is 4.97. The lowest BCUT2D eigenvalue weighted by Gasteiger charge is -2.33. The van der Waals surface area contributed by atoms with Gasteiger partial charge in [-0.1, -0.05) is 36.4 Å². The maximum absolute atomic E-state index is 6.24. The van der Waals surface area contributed by atoms with Crippen molar-refractivity contribution in [3.8, 4) is 5.75 Å². The number of methoxy groups -OCH3 is 2. The van der Waals surface area contributed by atoms with Crippen LogP contribution in [0.3, 0.4) is 0 Å². The van der Waals surface area contributed by atoms with Gasteiger partial charge in [-0.05, 0) is 40.5 Å². The molecular formula is C19H18O3. The predicted molar refractivity (Wildman–Crippen MR) is 84.7 cm³/mol. The molecule has 0 aromatic heterocycles. The van der Waals surface area contributed by atoms with Crippen molar-refractivity contribution in [2.45, 2.75) is 18.3 Å². The standard InChI is InChI=1S/C19H18O3/c1-20-15-9-7-13(8-10-15)17-12-19(21-2)11-14-5-3-4-6-16(14)18(17)22-19/h3-10,12,18H,11H2,1-2H3. The lowest BCUT2D eigenvalue weighted by molar-refractivity contribution is -0.199. The summed E-state index contributed by atoms with van der Waals surface area (Å²) in [5, 5.41) is 0. The first kappa shape index (κ1) is 13.6. The molecule has 2 unspecified atom stereocenters. The minimum absolute atomic E-state index is 0.0710. The molecule has 2 heterocycles. The molecule has 0 radical (unpaired) electrons. The van der Waals surface area contributed by atoms with Crippen molar-refractivity contribution in [3.63, 3.8) is 0 Å². The zero-order valence-electron chi connectivity index (χ0n) is 12.7. The molecule has 0 saturated carbocycles. The molecule has 2 aliphatic rings. The minimum atomic E-state index is -0.645. The highest BCUT2D eigenvalue weighted by atomic mass is 16.7. The predicted octanol–water partition coefficient (Wildman–Crippen LogP) is 3.75. The van der Waals surface area contributed by atoms with Crippen molar-refractivity contribution in [2.24, 2.45) is 0 Å². The highest BCUT2D eigenvalue weighted by molar-refractivity contribution is 5.75. The average molecular weight is 294 g/mol. The Hall–Kier alpha value is -2.10. The van der Waals surface area contributed by atoms with E-state index in [2.05, 4.69) is 42.5 Å². The fraction of sp³-hybridized carbons (Fsp3) is 0.263. The van der Waals surface area contributed by atoms with Crippen molar-refractivity contribution in [2.75, 3.05) is 14.2 Å². The molecule has 3 heteroatoms. The van der Waals surface area contributed by atoms with E-state index in [1.807, 2.05) is 12.1 Å². The summed E-state index contributed by atoms with van der Waals surface area (Å²) in [5.41, 5.74) is 4.82. The molecule has 2 aliphatic heterocycles. The van der Waals surface area contributed by atoms with Gasteiger partial charge in [-0.15, -0.1) is 0 Å². The molecule has 0 N–H and O–H groups in total. The van der Waals surface area contributed by atoms with E-state index < -0.39 is 5.79 Å². The normalized spacial score (nSPS) is 25.5. The van der Waals surface area contributed by atoms with Gasteiger partial charge in [-0.25, -0.2) is 0 Å². The number of ether oxygens (including phenoxy) is 3. The molecular weight excluding hydrogens is 276 g/mol. The van der Waals surface area contributed by atoms with Gasteiger partial charge >= 0.3 is 0 Å². The molecule has 2 aromatic rings. The largest absolute Gasteiger partial charge is 0.497 e. The van der Waals surface area contributed by atoms with Crippen LogP contribution in [0.5, 0.6) is 5.75 Å². The van der Waals surface area contributed by atoms with Crippen molar-refractivity contribution in [1.82, 2.24) is 0 Å². The number of benzene rings is 2. The van der Waals surface area contributed by atoms with E-state index in [1.54, 1.807) is 14.2 Å². The lowest BCUT2D eigenvalue weighted by atomic mass is 9.93. The minimum Gasteiger partial charge on any atom is -0.497 e. The highest BCUT2D eigenvalue weighted by Gasteiger charge is 2.46. The molecule has 2 atom stereocenters. The maximum Gasteiger partial charge on any atom is 0.193 e. The highest BCUT2D eigenvalue weighted by Crippen LogP contribution is 2.50. The number of hydrogen-bond donors (Lipinski definition) is 0. The van der Waals surface area contributed by atoms with Gasteiger partial charge in [0, 0.05) is 13.5 Å². The van der Waals surface area contributed by atoms with Gasteiger partial charge < -0.3 is 14.2 Å². The molecule has 0 amide bonds. The van der Waals surface area contributed by atoms with Crippen LogP contribution in [0.2, 0.25) is 0 Å². The van der Waals surface area contributed by atoms with Crippen molar-refractivity contribution < 1.29 is 14.2 Å². The molecule has 4 rings (SSSR count). The van der Waals surface area contributed by atoms with Gasteiger partial charge in [0.05, 0.1) is 7.11 Å². The van der Waals surface area contributed by atoms with Crippen LogP contribution in [0.15, 0.2) is 54.6 Å². The fourth-order valence-electron chi connectivity index (χ4n) is 3.35. The van der Waals surface area contributed by atoms with E-state index >= 15 is 0 Å². The monoisotopic (exact) mass is 294 g/mol. The van der Waals surface area contributed by atoms with E-state index in [-0.39, 0.29) is 6.10 Å². The summed E-state index contributed by atoms with van der Waals surface area (Å²) >= 11 is 0. The van der Waals surface area contributed by atoms with Gasteiger partial charge in [-0.2, -0.15) is 0 Å². The van der Waals surface area contributed by atoms with Gasteiger partial charge in [0.2, 0.25) is 0 Å². The molecule has 2 aromatic carbocycles. The van der Waals surface area contributed by atoms with Crippen molar-refractivity contribution >= 4 is 5.57 Å². The Bertz CT molecular complexity index is 733. The summed E-state index contributed by atoms with van der Waals surface area (Å²) in [6.45, 7) is 0. The summed E-state index contributed by atoms with van der Waals surface area (Å²) in [7, 11) is 3.38. The maximum atomic E-state index is 6.24. The fourth-order valence-corrected chi connectivity index (χ4v) is 3.35. The van der Waals surface area contributed by atoms with Crippen LogP contribution in [0.1, 0.15) is 22.8 Å². The third-order valence-electron chi connectivity index (χ3n) is 4.52. The summed E-state index contributed by atoms with van der Waals surface area (Å²) in [5.74, 6) is 0.210. The first-order valence-electron chi connectivity index (χ1n) is 7.43. The Labute approximate surface area is 130 Å². The molecule has 0 spiro atoms. The van der Waals surface area contributed by atoms with Gasteiger partial charge in [0.25, 0.3) is 0 Å². The quantitative estimate of drug-likeness (QED) is 0.863. The first-order chi connectivity index (χ1) is 10.7. The van der Waals surface area contributed by atoms with Gasteiger partial charge in [0.1, 0.15) is 11.9 Å². The first-order valence-corrected chi connectivity index (χ1v) is 7.43. The van der Waals surface area contributed by atoms with E-state index in [4.69, 9.17) is 14.2 Å². The molecule has 0 aliphatic carbocycles. The van der Waals surface area contributed by atoms with E-state index in [0.717, 1.165) is 23.3 Å². The average Bonchev–Trinajstić information content (AvgIpc) is 2.90. The number of rotatable bonds is 3. The van der Waals surface area contributed by atoms with Gasteiger partial charge in [0.15, 0.2) is 5.79 Å². The lowest BCUT2D eigenvalue weighted by Crippen LogP contribution is -2.36. The summed E-state index contributed by atoms with van der Waals surface area (Å²) in [6.07, 6.45) is 2.80. The Balaban J connectivity index is 1.81. The van der Waals surface area contributed by atoms with E-state index in [0.29, 0.717) is 0 Å². The zero-order valence-corrected chi connectivity index (χ0v) is 12.7. The summed E-state index contributed by atoms with van der Waals surface area (Å²) in [6, 6.07) is 16.5. The topological polar surface area (TPSA) is 27.7 Å². The molecule has 0 fully saturated rings. The Morgan fingerprint density at radius 2 is 1.82 bits per heavy atom. The third-order valence-corrected chi connectivity index (χ3v) is 4.52. The number of fused-ring (bicyclic) bond motifs is 4. The second-order valence-corrected chi connectivity index (χ2v) is 5.72. The summed E-state index contributed by atoms with van der Waals surface area (Å²) in [4.78, 5) is 0. The Kier molecular flexibility index (Phi) is 3.06. The summed E-state index contributed by atoms with van der Waals surface area (Å²) < 4.78 is 17.2. The third kappa shape index (κ3) is 1.97. The van der Waals surface area contributed by atoms with Crippen LogP contribution < -0.4 is 4.74 Å². The molecule has 0 saturated heterocycles. The van der Waals surface area contributed by atoms with Crippen LogP contribution in [-0.2, 0) is 15.9 Å². The van der Waals surface area contributed by atoms with Crippen LogP contribution in [-0.4, -0.2) is 20.0 Å². The van der Waals surface area contributed by atoms with E-state index in [1.165, 1.54) is 11.1 Å². The van der Waals surface area contributed by atoms with Crippen LogP contribution in [0.25, 0.3) is 5.57 Å². The zero-order chi connectivity index (χ0) is 15.2. The smallest absolute Gasteiger partial charge is 0.193 e. The molecule has 112 valence electrons. The molecule has 3 nitrogen and oxygen atoms in total. The Morgan fingerprint density at radius 1 is 1.05 bits per heavy atom. The van der Waals surface area contributed by atoms with Crippen molar-refractivity contribution in [1.29, 1.82) is 0 Å². The molecule has 2 bridgehead atoms. The molecule has 22 heavy (non-hydrogen) atoms. The van der Waals surface area contributed by atoms with Crippen LogP contribution >= 0.6 is 0 Å².